The number of nitrogens with one attached hydrogen (secondary N) is 1. The number of hydrogen-bond acceptors (Lipinski definition) is 5. The van der Waals surface area contributed by atoms with Crippen molar-refractivity contribution in [2.75, 3.05) is 5.32 Å². The number of aromatic carboxylic acids is 1. The summed E-state index contributed by atoms with van der Waals surface area (Å²) in [6.07, 6.45) is 3.35. The Bertz CT molecular complexity index is 1200. The van der Waals surface area contributed by atoms with E-state index in [0.29, 0.717) is 22.8 Å². The van der Waals surface area contributed by atoms with Crippen LogP contribution < -0.4 is 5.32 Å². The Morgan fingerprint density at radius 2 is 1.80 bits per heavy atom. The molecule has 1 amide bonds. The highest BCUT2D eigenvalue weighted by Crippen LogP contribution is 2.19. The van der Waals surface area contributed by atoms with E-state index in [2.05, 4.69) is 20.6 Å². The molecule has 0 bridgehead atoms. The first-order valence-electron chi connectivity index (χ1n) is 9.15. The third kappa shape index (κ3) is 4.39. The van der Waals surface area contributed by atoms with E-state index in [4.69, 9.17) is 5.11 Å². The van der Waals surface area contributed by atoms with Gasteiger partial charge in [-0.3, -0.25) is 9.78 Å². The van der Waals surface area contributed by atoms with Crippen LogP contribution in [0.5, 0.6) is 0 Å². The number of carboxylic acid groups (broad SMARTS) is 1. The number of anilines is 1. The molecule has 0 aliphatic rings. The molecule has 8 nitrogen and oxygen atoms in total. The number of hydrogen-bond donors (Lipinski definition) is 2. The van der Waals surface area contributed by atoms with E-state index >= 15 is 0 Å². The fourth-order valence-corrected chi connectivity index (χ4v) is 2.92. The lowest BCUT2D eigenvalue weighted by Crippen LogP contribution is -2.14. The van der Waals surface area contributed by atoms with Gasteiger partial charge in [-0.2, -0.15) is 0 Å². The van der Waals surface area contributed by atoms with Crippen LogP contribution in [0.2, 0.25) is 0 Å². The lowest BCUT2D eigenvalue weighted by molar-refractivity contribution is -0.115. The largest absolute Gasteiger partial charge is 0.478 e. The second-order valence-electron chi connectivity index (χ2n) is 6.54. The van der Waals surface area contributed by atoms with Crippen molar-refractivity contribution in [1.82, 2.24) is 20.0 Å². The summed E-state index contributed by atoms with van der Waals surface area (Å²) in [5.74, 6) is -1.16. The standard InChI is InChI=1S/C22H17N5O3/c28-21(11-15-5-2-1-3-6-15)24-17-7-4-8-18(13-17)27-14-20(25-26-27)19-12-16(22(29)30)9-10-23-19/h1-10,12-14H,11H2,(H,24,28)(H,29,30). The van der Waals surface area contributed by atoms with E-state index in [9.17, 15) is 9.59 Å². The second kappa shape index (κ2) is 8.36. The molecule has 148 valence electrons. The van der Waals surface area contributed by atoms with E-state index < -0.39 is 5.97 Å². The summed E-state index contributed by atoms with van der Waals surface area (Å²) in [5.41, 5.74) is 3.24. The summed E-state index contributed by atoms with van der Waals surface area (Å²) in [6.45, 7) is 0. The number of carboxylic acids is 1. The number of carbonyl (C=O) groups excluding carboxylic acids is 1. The Balaban J connectivity index is 1.51. The first kappa shape index (κ1) is 19.0. The predicted octanol–water partition coefficient (Wildman–Crippen LogP) is 3.21. The molecular weight excluding hydrogens is 382 g/mol. The van der Waals surface area contributed by atoms with Crippen molar-refractivity contribution in [1.29, 1.82) is 0 Å². The number of benzene rings is 2. The first-order chi connectivity index (χ1) is 14.6. The molecule has 0 aliphatic heterocycles. The molecule has 8 heteroatoms. The molecule has 0 aliphatic carbocycles. The van der Waals surface area contributed by atoms with Crippen molar-refractivity contribution >= 4 is 17.6 Å². The van der Waals surface area contributed by atoms with Crippen LogP contribution in [0.25, 0.3) is 17.1 Å². The highest BCUT2D eigenvalue weighted by atomic mass is 16.4. The molecule has 0 radical (unpaired) electrons. The van der Waals surface area contributed by atoms with Gasteiger partial charge in [0.25, 0.3) is 0 Å². The number of nitrogens with zero attached hydrogens (tertiary/aromatic N) is 4. The molecule has 4 rings (SSSR count). The zero-order valence-corrected chi connectivity index (χ0v) is 15.8. The Kier molecular flexibility index (Phi) is 5.29. The van der Waals surface area contributed by atoms with E-state index in [0.717, 1.165) is 5.56 Å². The molecule has 4 aromatic rings. The van der Waals surface area contributed by atoms with Crippen molar-refractivity contribution in [3.63, 3.8) is 0 Å². The van der Waals surface area contributed by atoms with Gasteiger partial charge in [-0.15, -0.1) is 5.10 Å². The Labute approximate surface area is 171 Å². The summed E-state index contributed by atoms with van der Waals surface area (Å²) < 4.78 is 1.54. The van der Waals surface area contributed by atoms with Gasteiger partial charge in [0, 0.05) is 11.9 Å². The highest BCUT2D eigenvalue weighted by molar-refractivity contribution is 5.92. The zero-order valence-electron chi connectivity index (χ0n) is 15.8. The van der Waals surface area contributed by atoms with Crippen LogP contribution in [-0.2, 0) is 11.2 Å². The summed E-state index contributed by atoms with van der Waals surface area (Å²) in [7, 11) is 0. The van der Waals surface area contributed by atoms with Crippen LogP contribution in [0.15, 0.2) is 79.1 Å². The molecule has 0 spiro atoms. The van der Waals surface area contributed by atoms with E-state index in [1.54, 1.807) is 24.4 Å². The van der Waals surface area contributed by atoms with Crippen molar-refractivity contribution in [2.45, 2.75) is 6.42 Å². The topological polar surface area (TPSA) is 110 Å². The van der Waals surface area contributed by atoms with E-state index in [-0.39, 0.29) is 17.9 Å². The van der Waals surface area contributed by atoms with Crippen LogP contribution in [0.1, 0.15) is 15.9 Å². The van der Waals surface area contributed by atoms with Gasteiger partial charge in [0.2, 0.25) is 5.91 Å². The maximum atomic E-state index is 12.3. The molecule has 2 N–H and O–H groups in total. The van der Waals surface area contributed by atoms with Crippen molar-refractivity contribution in [2.24, 2.45) is 0 Å². The van der Waals surface area contributed by atoms with Crippen LogP contribution in [0, 0.1) is 0 Å². The Hall–Kier alpha value is -4.33. The van der Waals surface area contributed by atoms with E-state index in [1.807, 2.05) is 36.4 Å². The van der Waals surface area contributed by atoms with Gasteiger partial charge < -0.3 is 10.4 Å². The maximum Gasteiger partial charge on any atom is 0.335 e. The molecule has 0 saturated carbocycles. The lowest BCUT2D eigenvalue weighted by Gasteiger charge is -2.07. The van der Waals surface area contributed by atoms with Gasteiger partial charge in [0.05, 0.1) is 29.6 Å². The molecule has 0 unspecified atom stereocenters. The lowest BCUT2D eigenvalue weighted by atomic mass is 10.1. The van der Waals surface area contributed by atoms with Gasteiger partial charge in [-0.1, -0.05) is 41.6 Å². The SMILES string of the molecule is O=C(Cc1ccccc1)Nc1cccc(-n2cc(-c3cc(C(=O)O)ccn3)nn2)c1. The van der Waals surface area contributed by atoms with Crippen LogP contribution in [-0.4, -0.2) is 37.0 Å². The van der Waals surface area contributed by atoms with Crippen LogP contribution >= 0.6 is 0 Å². The molecule has 2 aromatic carbocycles. The number of aromatic nitrogens is 4. The first-order valence-corrected chi connectivity index (χ1v) is 9.15. The average molecular weight is 399 g/mol. The van der Waals surface area contributed by atoms with Crippen LogP contribution in [0.4, 0.5) is 5.69 Å². The maximum absolute atomic E-state index is 12.3. The molecule has 2 heterocycles. The van der Waals surface area contributed by atoms with Crippen molar-refractivity contribution < 1.29 is 14.7 Å². The van der Waals surface area contributed by atoms with Crippen LogP contribution in [0.3, 0.4) is 0 Å². The highest BCUT2D eigenvalue weighted by Gasteiger charge is 2.11. The Morgan fingerprint density at radius 1 is 0.967 bits per heavy atom. The molecule has 2 aromatic heterocycles. The number of pyridine rings is 1. The van der Waals surface area contributed by atoms with Gasteiger partial charge in [0.15, 0.2) is 0 Å². The van der Waals surface area contributed by atoms with Crippen molar-refractivity contribution in [3.05, 3.63) is 90.3 Å². The summed E-state index contributed by atoms with van der Waals surface area (Å²) in [6, 6.07) is 19.6. The van der Waals surface area contributed by atoms with Gasteiger partial charge >= 0.3 is 5.97 Å². The van der Waals surface area contributed by atoms with Gasteiger partial charge in [-0.05, 0) is 35.9 Å². The molecular formula is C22H17N5O3. The summed E-state index contributed by atoms with van der Waals surface area (Å²) in [5, 5.41) is 20.2. The quantitative estimate of drug-likeness (QED) is 0.515. The predicted molar refractivity (Wildman–Crippen MR) is 110 cm³/mol. The zero-order chi connectivity index (χ0) is 20.9. The third-order valence-electron chi connectivity index (χ3n) is 4.36. The van der Waals surface area contributed by atoms with Crippen molar-refractivity contribution in [3.8, 4) is 17.1 Å². The summed E-state index contributed by atoms with van der Waals surface area (Å²) >= 11 is 0. The molecule has 30 heavy (non-hydrogen) atoms. The Morgan fingerprint density at radius 3 is 2.60 bits per heavy atom. The third-order valence-corrected chi connectivity index (χ3v) is 4.36. The second-order valence-corrected chi connectivity index (χ2v) is 6.54. The fourth-order valence-electron chi connectivity index (χ4n) is 2.92. The van der Waals surface area contributed by atoms with E-state index in [1.165, 1.54) is 23.0 Å². The monoisotopic (exact) mass is 399 g/mol. The molecule has 0 fully saturated rings. The smallest absolute Gasteiger partial charge is 0.335 e. The number of rotatable bonds is 6. The summed E-state index contributed by atoms with van der Waals surface area (Å²) in [4.78, 5) is 27.6. The number of amides is 1. The minimum atomic E-state index is -1.04. The average Bonchev–Trinajstić information content (AvgIpc) is 3.25. The minimum absolute atomic E-state index is 0.118. The fraction of sp³-hybridized carbons (Fsp3) is 0.0455. The van der Waals surface area contributed by atoms with Gasteiger partial charge in [-0.25, -0.2) is 9.48 Å². The molecule has 0 saturated heterocycles. The number of carbonyl (C=O) groups is 2. The minimum Gasteiger partial charge on any atom is -0.478 e. The van der Waals surface area contributed by atoms with Gasteiger partial charge in [0.1, 0.15) is 5.69 Å². The normalized spacial score (nSPS) is 10.5. The molecule has 0 atom stereocenters.